The van der Waals surface area contributed by atoms with Gasteiger partial charge in [0.25, 0.3) is 0 Å². The summed E-state index contributed by atoms with van der Waals surface area (Å²) in [7, 11) is 0. The zero-order chi connectivity index (χ0) is 15.6. The maximum atomic E-state index is 12.5. The lowest BCUT2D eigenvalue weighted by molar-refractivity contribution is -0.187. The molecule has 7 heteroatoms. The molecule has 2 heterocycles. The molecule has 0 spiro atoms. The van der Waals surface area contributed by atoms with E-state index in [0.29, 0.717) is 31.8 Å². The van der Waals surface area contributed by atoms with Crippen LogP contribution >= 0.6 is 0 Å². The number of likely N-dealkylation sites (tertiary alicyclic amines) is 2. The van der Waals surface area contributed by atoms with Crippen LogP contribution in [0.3, 0.4) is 0 Å². The zero-order valence-corrected chi connectivity index (χ0v) is 12.2. The number of amides is 2. The number of carbonyl (C=O) groups excluding carboxylic acids is 2. The number of hydrogen-bond acceptors (Lipinski definition) is 2. The fourth-order valence-electron chi connectivity index (χ4n) is 3.19. The Hall–Kier alpha value is -1.27. The number of hydrogen-bond donors (Lipinski definition) is 0. The summed E-state index contributed by atoms with van der Waals surface area (Å²) in [5, 5.41) is 0. The van der Waals surface area contributed by atoms with Crippen molar-refractivity contribution in [1.82, 2.24) is 9.80 Å². The fraction of sp³-hybridized carbons (Fsp3) is 0.857. The van der Waals surface area contributed by atoms with E-state index >= 15 is 0 Å². The lowest BCUT2D eigenvalue weighted by Gasteiger charge is -2.37. The Morgan fingerprint density at radius 2 is 1.62 bits per heavy atom. The molecule has 0 aliphatic carbocycles. The third-order valence-electron chi connectivity index (χ3n) is 4.27. The van der Waals surface area contributed by atoms with E-state index in [1.54, 1.807) is 4.90 Å². The second-order valence-electron chi connectivity index (χ2n) is 6.12. The summed E-state index contributed by atoms with van der Waals surface area (Å²) in [5.74, 6) is -1.98. The van der Waals surface area contributed by atoms with Crippen molar-refractivity contribution in [2.75, 3.05) is 26.2 Å². The van der Waals surface area contributed by atoms with E-state index in [9.17, 15) is 22.8 Å². The predicted octanol–water partition coefficient (Wildman–Crippen LogP) is 2.05. The molecule has 2 amide bonds. The molecule has 21 heavy (non-hydrogen) atoms. The standard InChI is InChI=1S/C14H21F3N2O2/c1-10-4-2-6-18(8-10)12(20)11-5-3-7-19(9-11)13(21)14(15,16)17/h10-11H,2-9H2,1H3. The zero-order valence-electron chi connectivity index (χ0n) is 12.2. The Labute approximate surface area is 122 Å². The van der Waals surface area contributed by atoms with Gasteiger partial charge in [0.2, 0.25) is 5.91 Å². The highest BCUT2D eigenvalue weighted by molar-refractivity contribution is 5.84. The topological polar surface area (TPSA) is 40.6 Å². The van der Waals surface area contributed by atoms with Crippen molar-refractivity contribution < 1.29 is 22.8 Å². The van der Waals surface area contributed by atoms with Gasteiger partial charge in [-0.2, -0.15) is 13.2 Å². The normalized spacial score (nSPS) is 27.6. The molecule has 2 unspecified atom stereocenters. The Kier molecular flexibility index (Phi) is 4.78. The van der Waals surface area contributed by atoms with Crippen molar-refractivity contribution in [1.29, 1.82) is 0 Å². The quantitative estimate of drug-likeness (QED) is 0.744. The summed E-state index contributed by atoms with van der Waals surface area (Å²) >= 11 is 0. The first-order chi connectivity index (χ1) is 9.79. The van der Waals surface area contributed by atoms with Crippen LogP contribution < -0.4 is 0 Å². The van der Waals surface area contributed by atoms with E-state index in [-0.39, 0.29) is 19.0 Å². The van der Waals surface area contributed by atoms with Gasteiger partial charge >= 0.3 is 12.1 Å². The molecule has 120 valence electrons. The highest BCUT2D eigenvalue weighted by Gasteiger charge is 2.44. The van der Waals surface area contributed by atoms with Crippen LogP contribution in [0, 0.1) is 11.8 Å². The van der Waals surface area contributed by atoms with Gasteiger partial charge in [0.15, 0.2) is 0 Å². The van der Waals surface area contributed by atoms with Crippen LogP contribution in [0.25, 0.3) is 0 Å². The van der Waals surface area contributed by atoms with Crippen LogP contribution in [0.1, 0.15) is 32.6 Å². The Morgan fingerprint density at radius 3 is 2.24 bits per heavy atom. The van der Waals surface area contributed by atoms with Crippen LogP contribution in [-0.4, -0.2) is 54.0 Å². The molecular weight excluding hydrogens is 285 g/mol. The number of rotatable bonds is 1. The van der Waals surface area contributed by atoms with E-state index in [1.165, 1.54) is 0 Å². The van der Waals surface area contributed by atoms with E-state index in [2.05, 4.69) is 6.92 Å². The van der Waals surface area contributed by atoms with E-state index in [1.807, 2.05) is 0 Å². The van der Waals surface area contributed by atoms with Crippen LogP contribution in [0.15, 0.2) is 0 Å². The summed E-state index contributed by atoms with van der Waals surface area (Å²) in [6.45, 7) is 3.38. The minimum absolute atomic E-state index is 0.0819. The molecule has 0 bridgehead atoms. The molecule has 0 N–H and O–H groups in total. The van der Waals surface area contributed by atoms with Gasteiger partial charge < -0.3 is 9.80 Å². The van der Waals surface area contributed by atoms with Gasteiger partial charge in [-0.15, -0.1) is 0 Å². The van der Waals surface area contributed by atoms with Crippen LogP contribution in [0.2, 0.25) is 0 Å². The maximum Gasteiger partial charge on any atom is 0.471 e. The molecule has 2 fully saturated rings. The first-order valence-corrected chi connectivity index (χ1v) is 7.44. The number of carbonyl (C=O) groups is 2. The maximum absolute atomic E-state index is 12.5. The Bertz CT molecular complexity index is 412. The largest absolute Gasteiger partial charge is 0.471 e. The highest BCUT2D eigenvalue weighted by atomic mass is 19.4. The molecule has 2 atom stereocenters. The first kappa shape index (κ1) is 16.1. The monoisotopic (exact) mass is 306 g/mol. The lowest BCUT2D eigenvalue weighted by Crippen LogP contribution is -2.51. The van der Waals surface area contributed by atoms with Crippen LogP contribution in [-0.2, 0) is 9.59 Å². The smallest absolute Gasteiger partial charge is 0.342 e. The van der Waals surface area contributed by atoms with Gasteiger partial charge in [-0.25, -0.2) is 0 Å². The van der Waals surface area contributed by atoms with Crippen molar-refractivity contribution >= 4 is 11.8 Å². The molecule has 0 saturated carbocycles. The van der Waals surface area contributed by atoms with E-state index < -0.39 is 18.0 Å². The van der Waals surface area contributed by atoms with Gasteiger partial charge in [-0.3, -0.25) is 9.59 Å². The summed E-state index contributed by atoms with van der Waals surface area (Å²) in [5.41, 5.74) is 0. The lowest BCUT2D eigenvalue weighted by atomic mass is 9.93. The molecular formula is C14H21F3N2O2. The highest BCUT2D eigenvalue weighted by Crippen LogP contribution is 2.26. The summed E-state index contributed by atoms with van der Waals surface area (Å²) in [4.78, 5) is 26.2. The fourth-order valence-corrected chi connectivity index (χ4v) is 3.19. The first-order valence-electron chi connectivity index (χ1n) is 7.44. The minimum atomic E-state index is -4.86. The van der Waals surface area contributed by atoms with E-state index in [0.717, 1.165) is 17.7 Å². The molecule has 0 aromatic rings. The predicted molar refractivity (Wildman–Crippen MR) is 70.3 cm³/mol. The van der Waals surface area contributed by atoms with Gasteiger partial charge in [0.1, 0.15) is 0 Å². The second kappa shape index (κ2) is 6.23. The van der Waals surface area contributed by atoms with Crippen molar-refractivity contribution in [3.63, 3.8) is 0 Å². The van der Waals surface area contributed by atoms with Gasteiger partial charge in [-0.05, 0) is 31.6 Å². The van der Waals surface area contributed by atoms with E-state index in [4.69, 9.17) is 0 Å². The third-order valence-corrected chi connectivity index (χ3v) is 4.27. The molecule has 2 aliphatic rings. The second-order valence-corrected chi connectivity index (χ2v) is 6.12. The van der Waals surface area contributed by atoms with Crippen molar-refractivity contribution in [3.8, 4) is 0 Å². The van der Waals surface area contributed by atoms with Gasteiger partial charge in [-0.1, -0.05) is 6.92 Å². The Balaban J connectivity index is 1.97. The number of piperidine rings is 2. The molecule has 2 aliphatic heterocycles. The molecule has 2 rings (SSSR count). The molecule has 0 radical (unpaired) electrons. The number of nitrogens with zero attached hydrogens (tertiary/aromatic N) is 2. The van der Waals surface area contributed by atoms with Crippen LogP contribution in [0.5, 0.6) is 0 Å². The summed E-state index contributed by atoms with van der Waals surface area (Å²) in [6, 6.07) is 0. The summed E-state index contributed by atoms with van der Waals surface area (Å²) in [6.07, 6.45) is -1.84. The average Bonchev–Trinajstić information content (AvgIpc) is 2.45. The summed E-state index contributed by atoms with van der Waals surface area (Å²) < 4.78 is 37.4. The number of alkyl halides is 3. The van der Waals surface area contributed by atoms with Gasteiger partial charge in [0, 0.05) is 26.2 Å². The van der Waals surface area contributed by atoms with Crippen molar-refractivity contribution in [3.05, 3.63) is 0 Å². The average molecular weight is 306 g/mol. The third kappa shape index (κ3) is 3.89. The molecule has 2 saturated heterocycles. The molecule has 0 aromatic heterocycles. The Morgan fingerprint density at radius 1 is 1.00 bits per heavy atom. The van der Waals surface area contributed by atoms with Crippen LogP contribution in [0.4, 0.5) is 13.2 Å². The van der Waals surface area contributed by atoms with Gasteiger partial charge in [0.05, 0.1) is 5.92 Å². The molecule has 4 nitrogen and oxygen atoms in total. The van der Waals surface area contributed by atoms with Crippen molar-refractivity contribution in [2.24, 2.45) is 11.8 Å². The number of halogens is 3. The molecule has 0 aromatic carbocycles. The van der Waals surface area contributed by atoms with Crippen molar-refractivity contribution in [2.45, 2.75) is 38.8 Å². The minimum Gasteiger partial charge on any atom is -0.342 e. The SMILES string of the molecule is CC1CCCN(C(=O)C2CCCN(C(=O)C(F)(F)F)C2)C1.